The molecule has 2 amide bonds. The van der Waals surface area contributed by atoms with Crippen molar-refractivity contribution in [2.24, 2.45) is 0 Å². The SMILES string of the molecule is Cc1cc(Cl)cc2c1CC(NC(=O)NCCO)CC2. The number of hydrogen-bond donors (Lipinski definition) is 3. The van der Waals surface area contributed by atoms with Crippen molar-refractivity contribution < 1.29 is 9.90 Å². The lowest BCUT2D eigenvalue weighted by atomic mass is 9.86. The quantitative estimate of drug-likeness (QED) is 0.792. The predicted octanol–water partition coefficient (Wildman–Crippen LogP) is 1.80. The molecule has 0 saturated carbocycles. The van der Waals surface area contributed by atoms with E-state index in [1.54, 1.807) is 0 Å². The molecule has 1 aliphatic rings. The summed E-state index contributed by atoms with van der Waals surface area (Å²) in [4.78, 5) is 11.6. The fourth-order valence-corrected chi connectivity index (χ4v) is 2.86. The van der Waals surface area contributed by atoms with Gasteiger partial charge in [0.25, 0.3) is 0 Å². The third kappa shape index (κ3) is 3.61. The molecule has 5 heteroatoms. The summed E-state index contributed by atoms with van der Waals surface area (Å²) in [6, 6.07) is 3.92. The van der Waals surface area contributed by atoms with E-state index < -0.39 is 0 Å². The lowest BCUT2D eigenvalue weighted by molar-refractivity contribution is 0.229. The normalized spacial score (nSPS) is 17.7. The molecule has 19 heavy (non-hydrogen) atoms. The van der Waals surface area contributed by atoms with E-state index in [9.17, 15) is 4.79 Å². The summed E-state index contributed by atoms with van der Waals surface area (Å²) in [6.07, 6.45) is 2.69. The van der Waals surface area contributed by atoms with E-state index in [1.165, 1.54) is 16.7 Å². The van der Waals surface area contributed by atoms with E-state index in [0.717, 1.165) is 24.3 Å². The highest BCUT2D eigenvalue weighted by molar-refractivity contribution is 6.30. The Kier molecular flexibility index (Phi) is 4.66. The highest BCUT2D eigenvalue weighted by Gasteiger charge is 2.21. The highest BCUT2D eigenvalue weighted by Crippen LogP contribution is 2.27. The summed E-state index contributed by atoms with van der Waals surface area (Å²) in [5.74, 6) is 0. The van der Waals surface area contributed by atoms with Gasteiger partial charge in [-0.2, -0.15) is 0 Å². The summed E-state index contributed by atoms with van der Waals surface area (Å²) in [5, 5.41) is 15.0. The Balaban J connectivity index is 2.00. The van der Waals surface area contributed by atoms with Crippen molar-refractivity contribution in [2.75, 3.05) is 13.2 Å². The minimum absolute atomic E-state index is 0.0431. The zero-order valence-corrected chi connectivity index (χ0v) is 11.8. The van der Waals surface area contributed by atoms with Crippen molar-refractivity contribution in [2.45, 2.75) is 32.2 Å². The van der Waals surface area contributed by atoms with E-state index in [0.29, 0.717) is 0 Å². The Bertz CT molecular complexity index is 477. The summed E-state index contributed by atoms with van der Waals surface area (Å²) < 4.78 is 0. The number of amides is 2. The molecule has 0 heterocycles. The first-order valence-electron chi connectivity index (χ1n) is 6.53. The molecule has 1 aromatic rings. The molecule has 0 radical (unpaired) electrons. The Morgan fingerprint density at radius 1 is 1.53 bits per heavy atom. The molecule has 104 valence electrons. The maximum atomic E-state index is 11.6. The van der Waals surface area contributed by atoms with Gasteiger partial charge in [-0.15, -0.1) is 0 Å². The second-order valence-corrected chi connectivity index (χ2v) is 5.36. The van der Waals surface area contributed by atoms with Crippen LogP contribution in [0.15, 0.2) is 12.1 Å². The van der Waals surface area contributed by atoms with Crippen LogP contribution < -0.4 is 10.6 Å². The zero-order valence-electron chi connectivity index (χ0n) is 11.0. The fourth-order valence-electron chi connectivity index (χ4n) is 2.56. The second-order valence-electron chi connectivity index (χ2n) is 4.92. The lowest BCUT2D eigenvalue weighted by Crippen LogP contribution is -2.45. The molecule has 0 saturated heterocycles. The number of fused-ring (bicyclic) bond motifs is 1. The highest BCUT2D eigenvalue weighted by atomic mass is 35.5. The van der Waals surface area contributed by atoms with Gasteiger partial charge >= 0.3 is 6.03 Å². The van der Waals surface area contributed by atoms with Gasteiger partial charge in [0.05, 0.1) is 6.61 Å². The third-order valence-corrected chi connectivity index (χ3v) is 3.69. The molecule has 0 spiro atoms. The topological polar surface area (TPSA) is 61.4 Å². The van der Waals surface area contributed by atoms with Gasteiger partial charge in [-0.05, 0) is 55.0 Å². The van der Waals surface area contributed by atoms with Crippen molar-refractivity contribution >= 4 is 17.6 Å². The van der Waals surface area contributed by atoms with Gasteiger partial charge in [-0.25, -0.2) is 4.79 Å². The van der Waals surface area contributed by atoms with Gasteiger partial charge in [0.15, 0.2) is 0 Å². The van der Waals surface area contributed by atoms with Crippen LogP contribution in [-0.2, 0) is 12.8 Å². The largest absolute Gasteiger partial charge is 0.395 e. The van der Waals surface area contributed by atoms with Crippen LogP contribution in [0.5, 0.6) is 0 Å². The maximum Gasteiger partial charge on any atom is 0.315 e. The minimum atomic E-state index is -0.214. The van der Waals surface area contributed by atoms with Gasteiger partial charge in [-0.3, -0.25) is 0 Å². The van der Waals surface area contributed by atoms with Crippen molar-refractivity contribution in [3.63, 3.8) is 0 Å². The number of hydrogen-bond acceptors (Lipinski definition) is 2. The number of urea groups is 1. The van der Waals surface area contributed by atoms with E-state index in [4.69, 9.17) is 16.7 Å². The van der Waals surface area contributed by atoms with Crippen LogP contribution in [0.4, 0.5) is 4.79 Å². The van der Waals surface area contributed by atoms with E-state index in [1.807, 2.05) is 12.1 Å². The van der Waals surface area contributed by atoms with Crippen LogP contribution in [0.3, 0.4) is 0 Å². The van der Waals surface area contributed by atoms with Crippen molar-refractivity contribution in [3.05, 3.63) is 33.8 Å². The second kappa shape index (κ2) is 6.26. The first-order valence-corrected chi connectivity index (χ1v) is 6.91. The average Bonchev–Trinajstić information content (AvgIpc) is 2.37. The minimum Gasteiger partial charge on any atom is -0.395 e. The number of nitrogens with one attached hydrogen (secondary N) is 2. The number of aliphatic hydroxyl groups is 1. The van der Waals surface area contributed by atoms with E-state index >= 15 is 0 Å². The smallest absolute Gasteiger partial charge is 0.315 e. The summed E-state index contributed by atoms with van der Waals surface area (Å²) in [5.41, 5.74) is 3.77. The number of benzene rings is 1. The summed E-state index contributed by atoms with van der Waals surface area (Å²) >= 11 is 6.06. The van der Waals surface area contributed by atoms with Crippen LogP contribution in [-0.4, -0.2) is 30.3 Å². The summed E-state index contributed by atoms with van der Waals surface area (Å²) in [6.45, 7) is 2.29. The Morgan fingerprint density at radius 3 is 3.05 bits per heavy atom. The Morgan fingerprint density at radius 2 is 2.32 bits per heavy atom. The molecule has 2 rings (SSSR count). The van der Waals surface area contributed by atoms with Crippen LogP contribution in [0.2, 0.25) is 5.02 Å². The molecule has 0 aromatic heterocycles. The molecule has 1 atom stereocenters. The van der Waals surface area contributed by atoms with Crippen molar-refractivity contribution in [1.29, 1.82) is 0 Å². The number of carbonyl (C=O) groups is 1. The molecule has 1 aliphatic carbocycles. The number of rotatable bonds is 3. The standard InChI is InChI=1S/C14H19ClN2O2/c1-9-6-11(15)7-10-2-3-12(8-13(9)10)17-14(19)16-4-5-18/h6-7,12,18H,2-5,8H2,1H3,(H2,16,17,19). The number of aryl methyl sites for hydroxylation is 2. The predicted molar refractivity (Wildman–Crippen MR) is 75.6 cm³/mol. The average molecular weight is 283 g/mol. The van der Waals surface area contributed by atoms with Crippen LogP contribution in [0.1, 0.15) is 23.1 Å². The van der Waals surface area contributed by atoms with E-state index in [-0.39, 0.29) is 25.2 Å². The van der Waals surface area contributed by atoms with Gasteiger partial charge in [-0.1, -0.05) is 11.6 Å². The molecular weight excluding hydrogens is 264 g/mol. The third-order valence-electron chi connectivity index (χ3n) is 3.48. The lowest BCUT2D eigenvalue weighted by Gasteiger charge is -2.27. The fraction of sp³-hybridized carbons (Fsp3) is 0.500. The van der Waals surface area contributed by atoms with E-state index in [2.05, 4.69) is 17.6 Å². The molecule has 0 bridgehead atoms. The van der Waals surface area contributed by atoms with Crippen LogP contribution >= 0.6 is 11.6 Å². The molecule has 1 aromatic carbocycles. The van der Waals surface area contributed by atoms with Crippen molar-refractivity contribution in [3.8, 4) is 0 Å². The first kappa shape index (κ1) is 14.2. The monoisotopic (exact) mass is 282 g/mol. The maximum absolute atomic E-state index is 11.6. The van der Waals surface area contributed by atoms with Crippen LogP contribution in [0.25, 0.3) is 0 Å². The first-order chi connectivity index (χ1) is 9.10. The molecule has 3 N–H and O–H groups in total. The molecule has 1 unspecified atom stereocenters. The summed E-state index contributed by atoms with van der Waals surface area (Å²) in [7, 11) is 0. The molecule has 4 nitrogen and oxygen atoms in total. The van der Waals surface area contributed by atoms with Crippen LogP contribution in [0, 0.1) is 6.92 Å². The Labute approximate surface area is 118 Å². The molecule has 0 fully saturated rings. The Hall–Kier alpha value is -1.26. The van der Waals surface area contributed by atoms with Gasteiger partial charge in [0.1, 0.15) is 0 Å². The zero-order chi connectivity index (χ0) is 13.8. The van der Waals surface area contributed by atoms with Crippen molar-refractivity contribution in [1.82, 2.24) is 10.6 Å². The van der Waals surface area contributed by atoms with Gasteiger partial charge in [0, 0.05) is 17.6 Å². The van der Waals surface area contributed by atoms with Gasteiger partial charge < -0.3 is 15.7 Å². The number of aliphatic hydroxyl groups excluding tert-OH is 1. The number of carbonyl (C=O) groups excluding carboxylic acids is 1. The van der Waals surface area contributed by atoms with Gasteiger partial charge in [0.2, 0.25) is 0 Å². The molecule has 0 aliphatic heterocycles. The molecular formula is C14H19ClN2O2. The number of halogens is 1.